The third-order valence-corrected chi connectivity index (χ3v) is 3.08. The maximum atomic E-state index is 12.2. The van der Waals surface area contributed by atoms with Crippen LogP contribution in [0.5, 0.6) is 0 Å². The zero-order chi connectivity index (χ0) is 14.5. The molecule has 0 aliphatic heterocycles. The summed E-state index contributed by atoms with van der Waals surface area (Å²) < 4.78 is 24.3. The number of amides is 1. The van der Waals surface area contributed by atoms with Crippen LogP contribution in [0, 0.1) is 0 Å². The Morgan fingerprint density at radius 1 is 1.25 bits per heavy atom. The second kappa shape index (κ2) is 6.62. The minimum atomic E-state index is -2.47. The van der Waals surface area contributed by atoms with Crippen molar-refractivity contribution in [3.63, 3.8) is 0 Å². The van der Waals surface area contributed by atoms with E-state index in [9.17, 15) is 13.6 Å². The molecule has 0 saturated heterocycles. The van der Waals surface area contributed by atoms with Crippen LogP contribution in [0.1, 0.15) is 10.5 Å². The van der Waals surface area contributed by atoms with Crippen molar-refractivity contribution in [2.45, 2.75) is 10.7 Å². The molecular weight excluding hydrogens is 308 g/mol. The Morgan fingerprint density at radius 3 is 2.55 bits per heavy atom. The molecule has 0 bridgehead atoms. The summed E-state index contributed by atoms with van der Waals surface area (Å²) in [6, 6.07) is 6.05. The highest BCUT2D eigenvalue weighted by atomic mass is 35.5. The van der Waals surface area contributed by atoms with Gasteiger partial charge in [-0.25, -0.2) is 4.98 Å². The zero-order valence-corrected chi connectivity index (χ0v) is 11.5. The van der Waals surface area contributed by atoms with Gasteiger partial charge in [-0.2, -0.15) is 8.78 Å². The van der Waals surface area contributed by atoms with Gasteiger partial charge >= 0.3 is 0 Å². The van der Waals surface area contributed by atoms with Crippen molar-refractivity contribution < 1.29 is 13.6 Å². The number of benzene rings is 1. The number of hydrogen-bond acceptors (Lipinski definition) is 4. The van der Waals surface area contributed by atoms with E-state index in [-0.39, 0.29) is 10.8 Å². The first kappa shape index (κ1) is 14.7. The molecule has 0 atom stereocenters. The quantitative estimate of drug-likeness (QED) is 0.874. The first-order chi connectivity index (χ1) is 9.54. The third kappa shape index (κ3) is 4.14. The summed E-state index contributed by atoms with van der Waals surface area (Å²) in [5.74, 6) is -2.95. The van der Waals surface area contributed by atoms with Crippen LogP contribution in [0.4, 0.5) is 14.5 Å². The summed E-state index contributed by atoms with van der Waals surface area (Å²) in [4.78, 5) is 19.8. The van der Waals surface area contributed by atoms with E-state index in [1.807, 2.05) is 0 Å². The molecule has 0 aliphatic carbocycles. The minimum absolute atomic E-state index is 0.0727. The van der Waals surface area contributed by atoms with Gasteiger partial charge in [0.05, 0.1) is 12.4 Å². The highest BCUT2D eigenvalue weighted by Crippen LogP contribution is 2.26. The topological polar surface area (TPSA) is 54.9 Å². The van der Waals surface area contributed by atoms with E-state index in [1.165, 1.54) is 36.7 Å². The fraction of sp³-hybridized carbons (Fsp3) is 0.0833. The number of anilines is 1. The normalized spacial score (nSPS) is 10.6. The molecule has 1 aromatic heterocycles. The Bertz CT molecular complexity index is 610. The molecule has 20 heavy (non-hydrogen) atoms. The highest BCUT2D eigenvalue weighted by Gasteiger charge is 2.09. The molecule has 0 aliphatic rings. The van der Waals surface area contributed by atoms with Gasteiger partial charge in [-0.15, -0.1) is 0 Å². The average Bonchev–Trinajstić information content (AvgIpc) is 2.40. The Hall–Kier alpha value is -1.73. The summed E-state index contributed by atoms with van der Waals surface area (Å²) >= 11 is 6.07. The van der Waals surface area contributed by atoms with Crippen molar-refractivity contribution in [2.75, 3.05) is 5.32 Å². The number of hydrogen-bond donors (Lipinski definition) is 1. The number of alkyl halides is 2. The Kier molecular flexibility index (Phi) is 4.86. The summed E-state index contributed by atoms with van der Waals surface area (Å²) in [7, 11) is 0. The zero-order valence-electron chi connectivity index (χ0n) is 9.89. The average molecular weight is 316 g/mol. The van der Waals surface area contributed by atoms with Gasteiger partial charge < -0.3 is 5.32 Å². The number of aromatic nitrogens is 2. The molecule has 2 rings (SSSR count). The molecule has 4 nitrogen and oxygen atoms in total. The van der Waals surface area contributed by atoms with Crippen LogP contribution in [-0.2, 0) is 0 Å². The van der Waals surface area contributed by atoms with E-state index < -0.39 is 11.7 Å². The summed E-state index contributed by atoms with van der Waals surface area (Å²) in [5.41, 5.74) is 0.541. The molecule has 8 heteroatoms. The molecule has 0 radical (unpaired) electrons. The van der Waals surface area contributed by atoms with E-state index in [1.54, 1.807) is 0 Å². The summed E-state index contributed by atoms with van der Waals surface area (Å²) in [5, 5.41) is 2.68. The molecule has 0 saturated carbocycles. The van der Waals surface area contributed by atoms with Crippen LogP contribution < -0.4 is 5.32 Å². The van der Waals surface area contributed by atoms with Crippen LogP contribution in [0.15, 0.2) is 41.6 Å². The van der Waals surface area contributed by atoms with Crippen LogP contribution in [-0.4, -0.2) is 21.6 Å². The molecule has 1 amide bonds. The fourth-order valence-electron chi connectivity index (χ4n) is 1.37. The number of thioether (sulfide) groups is 1. The molecular formula is C12H8ClF2N3OS. The van der Waals surface area contributed by atoms with E-state index >= 15 is 0 Å². The molecule has 2 aromatic rings. The maximum absolute atomic E-state index is 12.2. The largest absolute Gasteiger partial charge is 0.321 e. The van der Waals surface area contributed by atoms with Crippen molar-refractivity contribution in [3.05, 3.63) is 47.5 Å². The van der Waals surface area contributed by atoms with E-state index in [0.717, 1.165) is 0 Å². The van der Waals surface area contributed by atoms with Crippen molar-refractivity contribution in [1.29, 1.82) is 0 Å². The molecule has 1 aromatic carbocycles. The molecule has 104 valence electrons. The Morgan fingerprint density at radius 2 is 1.95 bits per heavy atom. The maximum Gasteiger partial charge on any atom is 0.288 e. The predicted octanol–water partition coefficient (Wildman–Crippen LogP) is 3.70. The number of carbonyl (C=O) groups is 1. The van der Waals surface area contributed by atoms with Gasteiger partial charge in [0, 0.05) is 10.6 Å². The van der Waals surface area contributed by atoms with Crippen LogP contribution in [0.3, 0.4) is 0 Å². The predicted molar refractivity (Wildman–Crippen MR) is 73.3 cm³/mol. The minimum Gasteiger partial charge on any atom is -0.321 e. The molecule has 0 unspecified atom stereocenters. The van der Waals surface area contributed by atoms with Gasteiger partial charge in [-0.1, -0.05) is 23.4 Å². The van der Waals surface area contributed by atoms with Crippen molar-refractivity contribution in [2.24, 2.45) is 0 Å². The molecule has 1 N–H and O–H groups in total. The van der Waals surface area contributed by atoms with Gasteiger partial charge in [0.25, 0.3) is 11.7 Å². The lowest BCUT2D eigenvalue weighted by Crippen LogP contribution is -2.13. The lowest BCUT2D eigenvalue weighted by Gasteiger charge is -2.06. The van der Waals surface area contributed by atoms with Crippen LogP contribution in [0.2, 0.25) is 5.15 Å². The lowest BCUT2D eigenvalue weighted by molar-refractivity contribution is 0.102. The van der Waals surface area contributed by atoms with Crippen molar-refractivity contribution >= 4 is 35.0 Å². The third-order valence-electron chi connectivity index (χ3n) is 2.18. The monoisotopic (exact) mass is 315 g/mol. The number of halogens is 3. The van der Waals surface area contributed by atoms with Crippen LogP contribution in [0.25, 0.3) is 0 Å². The lowest BCUT2D eigenvalue weighted by atomic mass is 10.3. The number of nitrogens with one attached hydrogen (secondary N) is 1. The van der Waals surface area contributed by atoms with Crippen molar-refractivity contribution in [3.8, 4) is 0 Å². The van der Waals surface area contributed by atoms with Crippen LogP contribution >= 0.6 is 23.4 Å². The number of carbonyl (C=O) groups excluding carboxylic acids is 1. The molecule has 0 spiro atoms. The van der Waals surface area contributed by atoms with Gasteiger partial charge in [-0.3, -0.25) is 9.78 Å². The second-order valence-electron chi connectivity index (χ2n) is 3.58. The van der Waals surface area contributed by atoms with E-state index in [4.69, 9.17) is 11.6 Å². The molecule has 0 fully saturated rings. The van der Waals surface area contributed by atoms with Gasteiger partial charge in [0.2, 0.25) is 0 Å². The highest BCUT2D eigenvalue weighted by molar-refractivity contribution is 7.99. The van der Waals surface area contributed by atoms with E-state index in [0.29, 0.717) is 22.3 Å². The standard InChI is InChI=1S/C12H8ClF2N3OS/c13-10-6-16-5-9(18-10)11(19)17-7-1-3-8(4-2-7)20-12(14)15/h1-6,12H,(H,17,19). The first-order valence-electron chi connectivity index (χ1n) is 5.38. The Labute approximate surface area is 122 Å². The first-order valence-corrected chi connectivity index (χ1v) is 6.64. The summed E-state index contributed by atoms with van der Waals surface area (Å²) in [6.45, 7) is 0. The number of rotatable bonds is 4. The number of nitrogens with zero attached hydrogens (tertiary/aromatic N) is 2. The van der Waals surface area contributed by atoms with E-state index in [2.05, 4.69) is 15.3 Å². The van der Waals surface area contributed by atoms with Gasteiger partial charge in [0.1, 0.15) is 10.8 Å². The van der Waals surface area contributed by atoms with Crippen molar-refractivity contribution in [1.82, 2.24) is 9.97 Å². The Balaban J connectivity index is 2.04. The summed E-state index contributed by atoms with van der Waals surface area (Å²) in [6.07, 6.45) is 2.59. The SMILES string of the molecule is O=C(Nc1ccc(SC(F)F)cc1)c1cncc(Cl)n1. The van der Waals surface area contributed by atoms with Gasteiger partial charge in [-0.05, 0) is 24.3 Å². The van der Waals surface area contributed by atoms with Gasteiger partial charge in [0.15, 0.2) is 0 Å². The molecule has 1 heterocycles. The fourth-order valence-corrected chi connectivity index (χ4v) is 2.01. The smallest absolute Gasteiger partial charge is 0.288 e. The second-order valence-corrected chi connectivity index (χ2v) is 5.03.